The summed E-state index contributed by atoms with van der Waals surface area (Å²) in [6.45, 7) is 2.03. The van der Waals surface area contributed by atoms with Gasteiger partial charge in [-0.05, 0) is 18.9 Å². The van der Waals surface area contributed by atoms with Gasteiger partial charge in [-0.2, -0.15) is 13.2 Å². The number of amides is 1. The third kappa shape index (κ3) is 5.88. The number of oxazole rings is 1. The minimum atomic E-state index is -4.49. The van der Waals surface area contributed by atoms with Gasteiger partial charge in [0, 0.05) is 50.8 Å². The molecular formula is C24H24ClF3N4O2. The lowest BCUT2D eigenvalue weighted by Crippen LogP contribution is -2.35. The van der Waals surface area contributed by atoms with Crippen LogP contribution in [0.2, 0.25) is 5.02 Å². The van der Waals surface area contributed by atoms with Gasteiger partial charge in [-0.15, -0.1) is 0 Å². The fourth-order valence-electron chi connectivity index (χ4n) is 3.91. The van der Waals surface area contributed by atoms with Crippen molar-refractivity contribution in [1.29, 1.82) is 0 Å². The van der Waals surface area contributed by atoms with Crippen molar-refractivity contribution in [3.05, 3.63) is 65.3 Å². The van der Waals surface area contributed by atoms with Crippen LogP contribution in [0.15, 0.2) is 53.2 Å². The number of carbonyl (C=O) groups excluding carboxylic acids is 1. The number of halogens is 4. The van der Waals surface area contributed by atoms with Crippen LogP contribution in [0.3, 0.4) is 0 Å². The average Bonchev–Trinajstić information content (AvgIpc) is 3.15. The smallest absolute Gasteiger partial charge is 0.417 e. The third-order valence-corrected chi connectivity index (χ3v) is 5.97. The fraction of sp³-hybridized carbons (Fsp3) is 0.375. The molecule has 1 aliphatic heterocycles. The Labute approximate surface area is 200 Å². The second-order valence-electron chi connectivity index (χ2n) is 8.09. The molecule has 34 heavy (non-hydrogen) atoms. The zero-order valence-corrected chi connectivity index (χ0v) is 19.1. The van der Waals surface area contributed by atoms with E-state index in [2.05, 4.69) is 9.97 Å². The Kier molecular flexibility index (Phi) is 7.41. The molecule has 0 bridgehead atoms. The summed E-state index contributed by atoms with van der Waals surface area (Å²) >= 11 is 6.09. The van der Waals surface area contributed by atoms with E-state index in [0.29, 0.717) is 69.3 Å². The van der Waals surface area contributed by atoms with Crippen LogP contribution in [0.1, 0.15) is 30.7 Å². The van der Waals surface area contributed by atoms with Gasteiger partial charge in [-0.25, -0.2) is 9.97 Å². The molecule has 0 saturated carbocycles. The number of alkyl halides is 3. The van der Waals surface area contributed by atoms with Gasteiger partial charge in [0.25, 0.3) is 0 Å². The quantitative estimate of drug-likeness (QED) is 0.456. The first-order chi connectivity index (χ1) is 16.3. The average molecular weight is 493 g/mol. The van der Waals surface area contributed by atoms with E-state index in [4.69, 9.17) is 16.0 Å². The molecule has 2 aromatic heterocycles. The number of hydrogen-bond acceptors (Lipinski definition) is 5. The highest BCUT2D eigenvalue weighted by Gasteiger charge is 2.32. The van der Waals surface area contributed by atoms with Crippen LogP contribution in [-0.2, 0) is 17.4 Å². The number of aryl methyl sites for hydroxylation is 1. The zero-order valence-electron chi connectivity index (χ0n) is 18.4. The van der Waals surface area contributed by atoms with Gasteiger partial charge in [-0.1, -0.05) is 41.9 Å². The summed E-state index contributed by atoms with van der Waals surface area (Å²) in [5.74, 6) is 1.63. The summed E-state index contributed by atoms with van der Waals surface area (Å²) in [7, 11) is 0. The first-order valence-corrected chi connectivity index (χ1v) is 11.4. The molecule has 3 aromatic rings. The Hall–Kier alpha value is -3.07. The molecule has 0 atom stereocenters. The van der Waals surface area contributed by atoms with Crippen LogP contribution in [0.25, 0.3) is 11.3 Å². The van der Waals surface area contributed by atoms with E-state index in [-0.39, 0.29) is 10.9 Å². The van der Waals surface area contributed by atoms with Crippen molar-refractivity contribution in [1.82, 2.24) is 14.9 Å². The van der Waals surface area contributed by atoms with Gasteiger partial charge in [0.05, 0.1) is 16.8 Å². The fourth-order valence-corrected chi connectivity index (χ4v) is 4.19. The van der Waals surface area contributed by atoms with Crippen molar-refractivity contribution in [3.63, 3.8) is 0 Å². The van der Waals surface area contributed by atoms with E-state index in [9.17, 15) is 18.0 Å². The van der Waals surface area contributed by atoms with Crippen molar-refractivity contribution >= 4 is 23.3 Å². The molecule has 4 rings (SSSR count). The van der Waals surface area contributed by atoms with Crippen LogP contribution in [0.5, 0.6) is 0 Å². The third-order valence-electron chi connectivity index (χ3n) is 5.69. The summed E-state index contributed by atoms with van der Waals surface area (Å²) in [6, 6.07) is 10.6. The molecule has 0 aliphatic carbocycles. The highest BCUT2D eigenvalue weighted by atomic mass is 35.5. The molecule has 1 amide bonds. The maximum atomic E-state index is 12.9. The Morgan fingerprint density at radius 2 is 1.85 bits per heavy atom. The molecule has 1 aliphatic rings. The maximum absolute atomic E-state index is 12.9. The van der Waals surface area contributed by atoms with Crippen LogP contribution in [0, 0.1) is 0 Å². The lowest BCUT2D eigenvalue weighted by molar-refractivity contribution is -0.137. The molecule has 1 saturated heterocycles. The van der Waals surface area contributed by atoms with E-state index in [0.717, 1.165) is 17.8 Å². The number of pyridine rings is 1. The summed E-state index contributed by atoms with van der Waals surface area (Å²) in [5, 5.41) is -0.0459. The monoisotopic (exact) mass is 492 g/mol. The normalized spacial score (nSPS) is 14.8. The highest BCUT2D eigenvalue weighted by molar-refractivity contribution is 6.33. The predicted octanol–water partition coefficient (Wildman–Crippen LogP) is 5.47. The number of benzene rings is 1. The van der Waals surface area contributed by atoms with Gasteiger partial charge in [0.15, 0.2) is 11.7 Å². The molecule has 6 nitrogen and oxygen atoms in total. The maximum Gasteiger partial charge on any atom is 0.417 e. The Morgan fingerprint density at radius 3 is 2.59 bits per heavy atom. The van der Waals surface area contributed by atoms with Crippen LogP contribution in [-0.4, -0.2) is 47.0 Å². The number of hydrogen-bond donors (Lipinski definition) is 0. The Morgan fingerprint density at radius 1 is 1.06 bits per heavy atom. The van der Waals surface area contributed by atoms with E-state index in [1.165, 1.54) is 0 Å². The SMILES string of the molecule is O=C(CCCc1ncc(-c2ccccc2)o1)N1CCCN(c2ncc(C(F)(F)F)cc2Cl)CC1. The van der Waals surface area contributed by atoms with Crippen molar-refractivity contribution in [3.8, 4) is 11.3 Å². The molecule has 0 radical (unpaired) electrons. The Balaban J connectivity index is 1.27. The highest BCUT2D eigenvalue weighted by Crippen LogP contribution is 2.33. The van der Waals surface area contributed by atoms with Crippen LogP contribution < -0.4 is 4.90 Å². The van der Waals surface area contributed by atoms with Crippen molar-refractivity contribution in [2.45, 2.75) is 31.9 Å². The lowest BCUT2D eigenvalue weighted by Gasteiger charge is -2.24. The molecular weight excluding hydrogens is 469 g/mol. The first kappa shape index (κ1) is 24.1. The van der Waals surface area contributed by atoms with E-state index < -0.39 is 11.7 Å². The largest absolute Gasteiger partial charge is 0.441 e. The van der Waals surface area contributed by atoms with Crippen LogP contribution >= 0.6 is 11.6 Å². The number of carbonyl (C=O) groups is 1. The van der Waals surface area contributed by atoms with Crippen molar-refractivity contribution in [2.24, 2.45) is 0 Å². The lowest BCUT2D eigenvalue weighted by atomic mass is 10.2. The predicted molar refractivity (Wildman–Crippen MR) is 123 cm³/mol. The Bertz CT molecular complexity index is 1120. The molecule has 1 aromatic carbocycles. The summed E-state index contributed by atoms with van der Waals surface area (Å²) in [5.41, 5.74) is 0.0731. The summed E-state index contributed by atoms with van der Waals surface area (Å²) in [4.78, 5) is 24.6. The second-order valence-corrected chi connectivity index (χ2v) is 8.49. The number of rotatable bonds is 6. The molecule has 3 heterocycles. The summed E-state index contributed by atoms with van der Waals surface area (Å²) < 4.78 is 44.4. The van der Waals surface area contributed by atoms with Crippen molar-refractivity contribution in [2.75, 3.05) is 31.1 Å². The van der Waals surface area contributed by atoms with Gasteiger partial charge in [0.2, 0.25) is 5.91 Å². The molecule has 180 valence electrons. The van der Waals surface area contributed by atoms with E-state index >= 15 is 0 Å². The first-order valence-electron chi connectivity index (χ1n) is 11.1. The molecule has 0 spiro atoms. The number of aromatic nitrogens is 2. The zero-order chi connectivity index (χ0) is 24.1. The van der Waals surface area contributed by atoms with Gasteiger partial charge in [-0.3, -0.25) is 4.79 Å². The molecule has 10 heteroatoms. The van der Waals surface area contributed by atoms with Crippen LogP contribution in [0.4, 0.5) is 19.0 Å². The molecule has 1 fully saturated rings. The van der Waals surface area contributed by atoms with Gasteiger partial charge < -0.3 is 14.2 Å². The van der Waals surface area contributed by atoms with Gasteiger partial charge >= 0.3 is 6.18 Å². The molecule has 0 N–H and O–H groups in total. The molecule has 0 unspecified atom stereocenters. The van der Waals surface area contributed by atoms with Gasteiger partial charge in [0.1, 0.15) is 5.82 Å². The van der Waals surface area contributed by atoms with Crippen molar-refractivity contribution < 1.29 is 22.4 Å². The summed E-state index contributed by atoms with van der Waals surface area (Å²) in [6.07, 6.45) is 0.194. The minimum absolute atomic E-state index is 0.0307. The number of nitrogens with zero attached hydrogens (tertiary/aromatic N) is 4. The minimum Gasteiger partial charge on any atom is -0.441 e. The standard InChI is InChI=1S/C24H24ClF3N4O2/c25-19-14-18(24(26,27)28)15-30-23(19)32-11-5-10-31(12-13-32)22(33)9-4-8-21-29-16-20(34-21)17-6-2-1-3-7-17/h1-3,6-7,14-16H,4-5,8-13H2. The second kappa shape index (κ2) is 10.5. The topological polar surface area (TPSA) is 62.5 Å². The van der Waals surface area contributed by atoms with E-state index in [1.54, 1.807) is 11.1 Å². The number of anilines is 1. The van der Waals surface area contributed by atoms with E-state index in [1.807, 2.05) is 35.2 Å².